The van der Waals surface area contributed by atoms with Crippen molar-refractivity contribution in [2.24, 2.45) is 5.41 Å². The lowest BCUT2D eigenvalue weighted by atomic mass is 9.92. The fourth-order valence-electron chi connectivity index (χ4n) is 1.33. The molecule has 0 aromatic carbocycles. The Morgan fingerprint density at radius 3 is 2.38 bits per heavy atom. The highest BCUT2D eigenvalue weighted by Crippen LogP contribution is 2.16. The first-order valence-electron chi connectivity index (χ1n) is 5.46. The maximum atomic E-state index is 9.16. The van der Waals surface area contributed by atoms with E-state index < -0.39 is 5.41 Å². The van der Waals surface area contributed by atoms with E-state index in [9.17, 15) is 0 Å². The molecular formula is C12H20N2O2. The lowest BCUT2D eigenvalue weighted by Crippen LogP contribution is -2.38. The zero-order valence-electron chi connectivity index (χ0n) is 9.85. The Balaban J connectivity index is 2.50. The van der Waals surface area contributed by atoms with Crippen molar-refractivity contribution < 1.29 is 10.2 Å². The van der Waals surface area contributed by atoms with Crippen LogP contribution in [-0.4, -0.2) is 35.0 Å². The van der Waals surface area contributed by atoms with Gasteiger partial charge in [0.15, 0.2) is 0 Å². The molecule has 0 aliphatic rings. The summed E-state index contributed by atoms with van der Waals surface area (Å²) in [5, 5.41) is 21.6. The summed E-state index contributed by atoms with van der Waals surface area (Å²) in [5.41, 5.74) is 0.676. The van der Waals surface area contributed by atoms with E-state index in [2.05, 4.69) is 10.3 Å². The standard InChI is InChI=1S/C12H20N2O2/c1-10(11-3-5-13-6-4-11)14-7-12(2,8-15)9-16/h3-6,10,14-16H,7-9H2,1-2H3. The van der Waals surface area contributed by atoms with E-state index in [-0.39, 0.29) is 19.3 Å². The molecule has 90 valence electrons. The summed E-state index contributed by atoms with van der Waals surface area (Å²) in [7, 11) is 0. The van der Waals surface area contributed by atoms with E-state index in [4.69, 9.17) is 10.2 Å². The van der Waals surface area contributed by atoms with E-state index in [1.165, 1.54) is 0 Å². The van der Waals surface area contributed by atoms with Crippen LogP contribution in [0.2, 0.25) is 0 Å². The minimum Gasteiger partial charge on any atom is -0.396 e. The Bertz CT molecular complexity index is 299. The third-order valence-corrected chi connectivity index (χ3v) is 2.80. The largest absolute Gasteiger partial charge is 0.396 e. The summed E-state index contributed by atoms with van der Waals surface area (Å²) >= 11 is 0. The van der Waals surface area contributed by atoms with E-state index in [1.807, 2.05) is 26.0 Å². The van der Waals surface area contributed by atoms with Gasteiger partial charge in [-0.05, 0) is 24.6 Å². The zero-order chi connectivity index (χ0) is 12.0. The molecule has 1 atom stereocenters. The number of hydrogen-bond donors (Lipinski definition) is 3. The summed E-state index contributed by atoms with van der Waals surface area (Å²) in [4.78, 5) is 3.96. The van der Waals surface area contributed by atoms with Crippen molar-refractivity contribution in [2.75, 3.05) is 19.8 Å². The normalized spacial score (nSPS) is 13.8. The molecule has 1 aromatic heterocycles. The molecule has 0 fully saturated rings. The van der Waals surface area contributed by atoms with Crippen LogP contribution in [0.3, 0.4) is 0 Å². The molecule has 3 N–H and O–H groups in total. The predicted molar refractivity (Wildman–Crippen MR) is 62.9 cm³/mol. The molecule has 4 nitrogen and oxygen atoms in total. The smallest absolute Gasteiger partial charge is 0.0519 e. The molecule has 0 aliphatic carbocycles. The van der Waals surface area contributed by atoms with Gasteiger partial charge in [0.05, 0.1) is 13.2 Å². The molecule has 0 saturated heterocycles. The van der Waals surface area contributed by atoms with Gasteiger partial charge in [-0.3, -0.25) is 4.98 Å². The van der Waals surface area contributed by atoms with Gasteiger partial charge in [-0.15, -0.1) is 0 Å². The van der Waals surface area contributed by atoms with E-state index in [0.717, 1.165) is 5.56 Å². The number of pyridine rings is 1. The number of aliphatic hydroxyl groups excluding tert-OH is 2. The summed E-state index contributed by atoms with van der Waals surface area (Å²) in [6.45, 7) is 4.41. The molecule has 16 heavy (non-hydrogen) atoms. The van der Waals surface area contributed by atoms with E-state index >= 15 is 0 Å². The first kappa shape index (κ1) is 13.1. The van der Waals surface area contributed by atoms with Gasteiger partial charge in [0.1, 0.15) is 0 Å². The van der Waals surface area contributed by atoms with Crippen LogP contribution >= 0.6 is 0 Å². The van der Waals surface area contributed by atoms with Crippen molar-refractivity contribution in [1.82, 2.24) is 10.3 Å². The van der Waals surface area contributed by atoms with Gasteiger partial charge in [-0.1, -0.05) is 6.92 Å². The highest BCUT2D eigenvalue weighted by atomic mass is 16.3. The third-order valence-electron chi connectivity index (χ3n) is 2.80. The molecule has 0 aliphatic heterocycles. The summed E-state index contributed by atoms with van der Waals surface area (Å²) in [6, 6.07) is 4.08. The molecule has 1 aromatic rings. The highest BCUT2D eigenvalue weighted by Gasteiger charge is 2.22. The average Bonchev–Trinajstić information content (AvgIpc) is 2.36. The molecule has 0 radical (unpaired) electrons. The molecule has 4 heteroatoms. The number of aliphatic hydroxyl groups is 2. The summed E-state index contributed by atoms with van der Waals surface area (Å²) in [5.74, 6) is 0. The van der Waals surface area contributed by atoms with Crippen molar-refractivity contribution in [3.05, 3.63) is 30.1 Å². The average molecular weight is 224 g/mol. The molecule has 1 rings (SSSR count). The van der Waals surface area contributed by atoms with Crippen LogP contribution in [0.1, 0.15) is 25.5 Å². The Labute approximate surface area is 96.3 Å². The number of hydrogen-bond acceptors (Lipinski definition) is 4. The van der Waals surface area contributed by atoms with Crippen LogP contribution < -0.4 is 5.32 Å². The molecule has 1 heterocycles. The van der Waals surface area contributed by atoms with Crippen molar-refractivity contribution in [3.8, 4) is 0 Å². The van der Waals surface area contributed by atoms with Gasteiger partial charge < -0.3 is 15.5 Å². The van der Waals surface area contributed by atoms with Crippen LogP contribution in [0, 0.1) is 5.41 Å². The number of rotatable bonds is 6. The zero-order valence-corrected chi connectivity index (χ0v) is 9.85. The molecule has 0 bridgehead atoms. The summed E-state index contributed by atoms with van der Waals surface area (Å²) in [6.07, 6.45) is 3.51. The van der Waals surface area contributed by atoms with Crippen molar-refractivity contribution >= 4 is 0 Å². The minimum absolute atomic E-state index is 0.0282. The Hall–Kier alpha value is -0.970. The summed E-state index contributed by atoms with van der Waals surface area (Å²) < 4.78 is 0. The van der Waals surface area contributed by atoms with Gasteiger partial charge >= 0.3 is 0 Å². The van der Waals surface area contributed by atoms with Gasteiger partial charge in [0.2, 0.25) is 0 Å². The predicted octanol–water partition coefficient (Wildman–Crippen LogP) is 0.723. The quantitative estimate of drug-likeness (QED) is 0.666. The van der Waals surface area contributed by atoms with Crippen molar-refractivity contribution in [3.63, 3.8) is 0 Å². The van der Waals surface area contributed by atoms with Crippen LogP contribution in [-0.2, 0) is 0 Å². The highest BCUT2D eigenvalue weighted by molar-refractivity contribution is 5.13. The monoisotopic (exact) mass is 224 g/mol. The molecule has 0 saturated carbocycles. The lowest BCUT2D eigenvalue weighted by molar-refractivity contribution is 0.0677. The fraction of sp³-hybridized carbons (Fsp3) is 0.583. The minimum atomic E-state index is -0.471. The Kier molecular flexibility index (Phi) is 4.86. The van der Waals surface area contributed by atoms with Crippen LogP contribution in [0.5, 0.6) is 0 Å². The van der Waals surface area contributed by atoms with Crippen LogP contribution in [0.4, 0.5) is 0 Å². The Morgan fingerprint density at radius 2 is 1.88 bits per heavy atom. The van der Waals surface area contributed by atoms with Gasteiger partial charge in [0.25, 0.3) is 0 Å². The van der Waals surface area contributed by atoms with E-state index in [1.54, 1.807) is 12.4 Å². The molecular weight excluding hydrogens is 204 g/mol. The number of nitrogens with zero attached hydrogens (tertiary/aromatic N) is 1. The van der Waals surface area contributed by atoms with Gasteiger partial charge in [0, 0.05) is 30.4 Å². The SMILES string of the molecule is CC(NCC(C)(CO)CO)c1ccncc1. The first-order valence-corrected chi connectivity index (χ1v) is 5.46. The maximum absolute atomic E-state index is 9.16. The molecule has 0 spiro atoms. The second-order valence-electron chi connectivity index (χ2n) is 4.51. The van der Waals surface area contributed by atoms with Gasteiger partial charge in [-0.2, -0.15) is 0 Å². The number of nitrogens with one attached hydrogen (secondary N) is 1. The maximum Gasteiger partial charge on any atom is 0.0519 e. The number of aromatic nitrogens is 1. The van der Waals surface area contributed by atoms with Crippen molar-refractivity contribution in [1.29, 1.82) is 0 Å². The van der Waals surface area contributed by atoms with E-state index in [0.29, 0.717) is 6.54 Å². The molecule has 1 unspecified atom stereocenters. The Morgan fingerprint density at radius 1 is 1.31 bits per heavy atom. The topological polar surface area (TPSA) is 65.4 Å². The van der Waals surface area contributed by atoms with Crippen molar-refractivity contribution in [2.45, 2.75) is 19.9 Å². The van der Waals surface area contributed by atoms with Crippen LogP contribution in [0.15, 0.2) is 24.5 Å². The first-order chi connectivity index (χ1) is 7.61. The van der Waals surface area contributed by atoms with Gasteiger partial charge in [-0.25, -0.2) is 0 Å². The lowest BCUT2D eigenvalue weighted by Gasteiger charge is -2.27. The van der Waals surface area contributed by atoms with Crippen LogP contribution in [0.25, 0.3) is 0 Å². The second-order valence-corrected chi connectivity index (χ2v) is 4.51. The molecule has 0 amide bonds. The third kappa shape index (κ3) is 3.56. The second kappa shape index (κ2) is 5.94. The fourth-order valence-corrected chi connectivity index (χ4v) is 1.33.